The van der Waals surface area contributed by atoms with E-state index in [2.05, 4.69) is 9.97 Å². The standard InChI is InChI=1S/C15H14FN3O2/c16-12-3-1-2-11(8-12)15(20)19-6-7-21-14(10-19)13-9-17-4-5-18-13/h1-5,8-9,14H,6-7,10H2/t14-/m1/s1. The highest BCUT2D eigenvalue weighted by Gasteiger charge is 2.27. The van der Waals surface area contributed by atoms with E-state index in [1.807, 2.05) is 0 Å². The van der Waals surface area contributed by atoms with Crippen LogP contribution >= 0.6 is 0 Å². The van der Waals surface area contributed by atoms with Crippen molar-refractivity contribution in [3.05, 3.63) is 59.9 Å². The molecule has 0 unspecified atom stereocenters. The number of carbonyl (C=O) groups excluding carboxylic acids is 1. The van der Waals surface area contributed by atoms with Crippen molar-refractivity contribution in [1.82, 2.24) is 14.9 Å². The zero-order valence-electron chi connectivity index (χ0n) is 11.3. The summed E-state index contributed by atoms with van der Waals surface area (Å²) in [5.41, 5.74) is 1.03. The Morgan fingerprint density at radius 3 is 3.05 bits per heavy atom. The summed E-state index contributed by atoms with van der Waals surface area (Å²) in [6.07, 6.45) is 4.50. The number of morpholine rings is 1. The van der Waals surface area contributed by atoms with Gasteiger partial charge in [-0.1, -0.05) is 6.07 Å². The van der Waals surface area contributed by atoms with Gasteiger partial charge in [0.2, 0.25) is 0 Å². The number of nitrogens with zero attached hydrogens (tertiary/aromatic N) is 3. The molecule has 1 aliphatic heterocycles. The smallest absolute Gasteiger partial charge is 0.254 e. The van der Waals surface area contributed by atoms with Gasteiger partial charge in [0.05, 0.1) is 25.0 Å². The first-order chi connectivity index (χ1) is 10.2. The third-order valence-corrected chi connectivity index (χ3v) is 3.34. The fourth-order valence-corrected chi connectivity index (χ4v) is 2.29. The quantitative estimate of drug-likeness (QED) is 0.845. The summed E-state index contributed by atoms with van der Waals surface area (Å²) in [7, 11) is 0. The summed E-state index contributed by atoms with van der Waals surface area (Å²) in [5.74, 6) is -0.619. The zero-order valence-corrected chi connectivity index (χ0v) is 11.3. The van der Waals surface area contributed by atoms with Gasteiger partial charge < -0.3 is 9.64 Å². The molecule has 5 nitrogen and oxygen atoms in total. The summed E-state index contributed by atoms with van der Waals surface area (Å²) in [6.45, 7) is 1.28. The van der Waals surface area contributed by atoms with Gasteiger partial charge in [0.15, 0.2) is 0 Å². The van der Waals surface area contributed by atoms with E-state index in [4.69, 9.17) is 4.74 Å². The van der Waals surface area contributed by atoms with Crippen molar-refractivity contribution in [3.8, 4) is 0 Å². The Morgan fingerprint density at radius 1 is 1.38 bits per heavy atom. The van der Waals surface area contributed by atoms with Crippen molar-refractivity contribution in [2.45, 2.75) is 6.10 Å². The second kappa shape index (κ2) is 5.97. The van der Waals surface area contributed by atoms with Gasteiger partial charge in [0, 0.05) is 24.5 Å². The molecule has 0 spiro atoms. The molecule has 0 bridgehead atoms. The first-order valence-corrected chi connectivity index (χ1v) is 6.66. The molecule has 2 heterocycles. The molecule has 3 rings (SSSR count). The monoisotopic (exact) mass is 287 g/mol. The highest BCUT2D eigenvalue weighted by molar-refractivity contribution is 5.94. The summed E-state index contributed by atoms with van der Waals surface area (Å²) >= 11 is 0. The summed E-state index contributed by atoms with van der Waals surface area (Å²) in [5, 5.41) is 0. The van der Waals surface area contributed by atoms with E-state index in [0.717, 1.165) is 0 Å². The maximum absolute atomic E-state index is 13.2. The molecule has 1 fully saturated rings. The molecule has 0 N–H and O–H groups in total. The van der Waals surface area contributed by atoms with Gasteiger partial charge in [0.1, 0.15) is 11.9 Å². The van der Waals surface area contributed by atoms with Crippen molar-refractivity contribution in [3.63, 3.8) is 0 Å². The molecule has 1 aliphatic rings. The summed E-state index contributed by atoms with van der Waals surface area (Å²) < 4.78 is 18.9. The molecule has 108 valence electrons. The number of benzene rings is 1. The second-order valence-electron chi connectivity index (χ2n) is 4.75. The third-order valence-electron chi connectivity index (χ3n) is 3.34. The zero-order chi connectivity index (χ0) is 14.7. The van der Waals surface area contributed by atoms with Crippen LogP contribution in [-0.2, 0) is 4.74 Å². The maximum Gasteiger partial charge on any atom is 0.254 e. The Kier molecular flexibility index (Phi) is 3.87. The van der Waals surface area contributed by atoms with Gasteiger partial charge >= 0.3 is 0 Å². The fraction of sp³-hybridized carbons (Fsp3) is 0.267. The van der Waals surface area contributed by atoms with E-state index in [1.54, 1.807) is 29.6 Å². The average Bonchev–Trinajstić information content (AvgIpc) is 2.55. The van der Waals surface area contributed by atoms with Crippen molar-refractivity contribution in [2.75, 3.05) is 19.7 Å². The van der Waals surface area contributed by atoms with E-state index < -0.39 is 5.82 Å². The van der Waals surface area contributed by atoms with Crippen LogP contribution in [0, 0.1) is 5.82 Å². The predicted molar refractivity (Wildman–Crippen MR) is 73.0 cm³/mol. The summed E-state index contributed by atoms with van der Waals surface area (Å²) in [4.78, 5) is 22.2. The number of hydrogen-bond donors (Lipinski definition) is 0. The first-order valence-electron chi connectivity index (χ1n) is 6.66. The topological polar surface area (TPSA) is 55.3 Å². The largest absolute Gasteiger partial charge is 0.368 e. The Balaban J connectivity index is 1.75. The van der Waals surface area contributed by atoms with Crippen molar-refractivity contribution < 1.29 is 13.9 Å². The van der Waals surface area contributed by atoms with Gasteiger partial charge in [-0.2, -0.15) is 0 Å². The van der Waals surface area contributed by atoms with Gasteiger partial charge in [-0.3, -0.25) is 14.8 Å². The molecule has 0 radical (unpaired) electrons. The Labute approximate surface area is 121 Å². The molecule has 0 saturated carbocycles. The van der Waals surface area contributed by atoms with E-state index >= 15 is 0 Å². The minimum atomic E-state index is -0.417. The van der Waals surface area contributed by atoms with Gasteiger partial charge in [0.25, 0.3) is 5.91 Å². The SMILES string of the molecule is O=C(c1cccc(F)c1)N1CCO[C@@H](c2cnccn2)C1. The molecule has 6 heteroatoms. The number of aromatic nitrogens is 2. The van der Waals surface area contributed by atoms with Crippen LogP contribution in [0.2, 0.25) is 0 Å². The lowest BCUT2D eigenvalue weighted by molar-refractivity contribution is -0.0249. The second-order valence-corrected chi connectivity index (χ2v) is 4.75. The van der Waals surface area contributed by atoms with E-state index in [0.29, 0.717) is 31.0 Å². The lowest BCUT2D eigenvalue weighted by atomic mass is 10.1. The van der Waals surface area contributed by atoms with Crippen LogP contribution in [0.3, 0.4) is 0 Å². The van der Waals surface area contributed by atoms with Gasteiger partial charge in [-0.15, -0.1) is 0 Å². The number of carbonyl (C=O) groups is 1. The lowest BCUT2D eigenvalue weighted by Gasteiger charge is -2.32. The van der Waals surface area contributed by atoms with E-state index in [9.17, 15) is 9.18 Å². The lowest BCUT2D eigenvalue weighted by Crippen LogP contribution is -2.42. The highest BCUT2D eigenvalue weighted by Crippen LogP contribution is 2.21. The van der Waals surface area contributed by atoms with Crippen LogP contribution in [0.25, 0.3) is 0 Å². The Bertz CT molecular complexity index is 636. The maximum atomic E-state index is 13.2. The molecule has 21 heavy (non-hydrogen) atoms. The van der Waals surface area contributed by atoms with Crippen LogP contribution in [0.4, 0.5) is 4.39 Å². The van der Waals surface area contributed by atoms with E-state index in [1.165, 1.54) is 18.2 Å². The predicted octanol–water partition coefficient (Wildman–Crippen LogP) is 1.83. The van der Waals surface area contributed by atoms with Crippen LogP contribution in [0.15, 0.2) is 42.9 Å². The molecule has 1 aromatic carbocycles. The molecule has 1 saturated heterocycles. The van der Waals surface area contributed by atoms with Gasteiger partial charge in [-0.25, -0.2) is 4.39 Å². The third kappa shape index (κ3) is 3.05. The van der Waals surface area contributed by atoms with Crippen LogP contribution in [0.1, 0.15) is 22.2 Å². The number of ether oxygens (including phenoxy) is 1. The molecular formula is C15H14FN3O2. The minimum Gasteiger partial charge on any atom is -0.368 e. The van der Waals surface area contributed by atoms with Gasteiger partial charge in [-0.05, 0) is 18.2 Å². The van der Waals surface area contributed by atoms with Crippen LogP contribution in [0.5, 0.6) is 0 Å². The first kappa shape index (κ1) is 13.6. The number of rotatable bonds is 2. The van der Waals surface area contributed by atoms with E-state index in [-0.39, 0.29) is 12.0 Å². The molecule has 2 aromatic rings. The highest BCUT2D eigenvalue weighted by atomic mass is 19.1. The number of halogens is 1. The molecule has 1 aromatic heterocycles. The van der Waals surface area contributed by atoms with Crippen molar-refractivity contribution in [1.29, 1.82) is 0 Å². The van der Waals surface area contributed by atoms with Crippen LogP contribution < -0.4 is 0 Å². The normalized spacial score (nSPS) is 18.5. The molecular weight excluding hydrogens is 273 g/mol. The number of hydrogen-bond acceptors (Lipinski definition) is 4. The molecule has 1 atom stereocenters. The fourth-order valence-electron chi connectivity index (χ4n) is 2.29. The molecule has 0 aliphatic carbocycles. The molecule has 1 amide bonds. The summed E-state index contributed by atoms with van der Waals surface area (Å²) in [6, 6.07) is 5.70. The Morgan fingerprint density at radius 2 is 2.29 bits per heavy atom. The minimum absolute atomic E-state index is 0.202. The van der Waals surface area contributed by atoms with Crippen LogP contribution in [-0.4, -0.2) is 40.5 Å². The van der Waals surface area contributed by atoms with Crippen molar-refractivity contribution in [2.24, 2.45) is 0 Å². The Hall–Kier alpha value is -2.34. The van der Waals surface area contributed by atoms with Crippen molar-refractivity contribution >= 4 is 5.91 Å². The average molecular weight is 287 g/mol. The number of amides is 1.